The van der Waals surface area contributed by atoms with Crippen LogP contribution in [0.15, 0.2) is 97.1 Å². The SMILES string of the molecule is CCC(=O)C(=O)C(C)CC(=O)[C@H](Cc1ccc(O)cc1)NC(=O)[C@H](C)CC(=O)[C@H](c1ccc(O)cc1)N(C)C(=O)[C@H](CCCCN)CC(=O)c1ccc(-c2ccc(Cl)cc2)cc1. The third-order valence-corrected chi connectivity index (χ3v) is 11.3. The Morgan fingerprint density at radius 3 is 1.82 bits per heavy atom. The molecule has 0 aliphatic rings. The van der Waals surface area contributed by atoms with Crippen LogP contribution in [-0.2, 0) is 35.2 Å². The van der Waals surface area contributed by atoms with Crippen molar-refractivity contribution in [2.24, 2.45) is 23.5 Å². The number of carbonyl (C=O) groups is 7. The second kappa shape index (κ2) is 23.3. The van der Waals surface area contributed by atoms with Crippen LogP contribution in [0.25, 0.3) is 11.1 Å². The van der Waals surface area contributed by atoms with Crippen LogP contribution in [0, 0.1) is 17.8 Å². The van der Waals surface area contributed by atoms with Gasteiger partial charge in [-0.1, -0.05) is 99.5 Å². The lowest BCUT2D eigenvalue weighted by Crippen LogP contribution is -2.46. The Morgan fingerprint density at radius 1 is 0.710 bits per heavy atom. The fourth-order valence-electron chi connectivity index (χ4n) is 7.30. The van der Waals surface area contributed by atoms with Crippen LogP contribution in [0.4, 0.5) is 0 Å². The number of phenols is 2. The number of likely N-dealkylation sites (N-methyl/N-ethyl adjacent to an activating group) is 1. The van der Waals surface area contributed by atoms with E-state index >= 15 is 0 Å². The van der Waals surface area contributed by atoms with E-state index < -0.39 is 64.8 Å². The molecule has 0 saturated heterocycles. The summed E-state index contributed by atoms with van der Waals surface area (Å²) in [6.45, 7) is 4.94. The Balaban J connectivity index is 1.55. The average molecular weight is 866 g/mol. The van der Waals surface area contributed by atoms with E-state index in [1.807, 2.05) is 24.3 Å². The van der Waals surface area contributed by atoms with Gasteiger partial charge in [-0.3, -0.25) is 33.6 Å². The number of Topliss-reactive ketones (excluding diaryl/α,β-unsaturated/α-hetero) is 5. The van der Waals surface area contributed by atoms with Crippen molar-refractivity contribution in [2.75, 3.05) is 13.6 Å². The van der Waals surface area contributed by atoms with Gasteiger partial charge in [0.2, 0.25) is 17.6 Å². The monoisotopic (exact) mass is 865 g/mol. The van der Waals surface area contributed by atoms with Crippen molar-refractivity contribution in [3.05, 3.63) is 119 Å². The maximum Gasteiger partial charge on any atom is 0.226 e. The Labute approximate surface area is 367 Å². The maximum atomic E-state index is 14.4. The second-order valence-electron chi connectivity index (χ2n) is 15.9. The number of amides is 2. The lowest BCUT2D eigenvalue weighted by atomic mass is 9.89. The number of unbranched alkanes of at least 4 members (excludes halogenated alkanes) is 1. The number of aromatic hydroxyl groups is 2. The summed E-state index contributed by atoms with van der Waals surface area (Å²) in [6, 6.07) is 23.9. The number of hydrogen-bond donors (Lipinski definition) is 4. The summed E-state index contributed by atoms with van der Waals surface area (Å²) in [7, 11) is 1.47. The van der Waals surface area contributed by atoms with Crippen LogP contribution >= 0.6 is 11.6 Å². The molecular formula is C49H56ClN3O9. The van der Waals surface area contributed by atoms with Crippen LogP contribution in [0.2, 0.25) is 5.02 Å². The van der Waals surface area contributed by atoms with Crippen molar-refractivity contribution in [1.29, 1.82) is 0 Å². The van der Waals surface area contributed by atoms with Gasteiger partial charge in [-0.05, 0) is 84.5 Å². The van der Waals surface area contributed by atoms with Gasteiger partial charge in [-0.25, -0.2) is 0 Å². The van der Waals surface area contributed by atoms with Crippen LogP contribution < -0.4 is 11.1 Å². The number of benzene rings is 4. The molecule has 5 atom stereocenters. The first-order valence-electron chi connectivity index (χ1n) is 20.9. The van der Waals surface area contributed by atoms with E-state index in [1.54, 1.807) is 43.3 Å². The van der Waals surface area contributed by atoms with Gasteiger partial charge in [0, 0.05) is 61.1 Å². The summed E-state index contributed by atoms with van der Waals surface area (Å²) < 4.78 is 0. The lowest BCUT2D eigenvalue weighted by Gasteiger charge is -2.31. The van der Waals surface area contributed by atoms with Crippen molar-refractivity contribution in [2.45, 2.75) is 84.2 Å². The lowest BCUT2D eigenvalue weighted by molar-refractivity contribution is -0.142. The molecule has 0 bridgehead atoms. The van der Waals surface area contributed by atoms with Crippen LogP contribution in [0.3, 0.4) is 0 Å². The van der Waals surface area contributed by atoms with Crippen LogP contribution in [0.5, 0.6) is 11.5 Å². The highest BCUT2D eigenvalue weighted by atomic mass is 35.5. The normalized spacial score (nSPS) is 13.5. The van der Waals surface area contributed by atoms with E-state index in [1.165, 1.54) is 62.2 Å². The van der Waals surface area contributed by atoms with Gasteiger partial charge in [-0.2, -0.15) is 0 Å². The molecule has 12 nitrogen and oxygen atoms in total. The predicted octanol–water partition coefficient (Wildman–Crippen LogP) is 7.40. The molecule has 0 aliphatic carbocycles. The topological polar surface area (TPSA) is 201 Å². The Bertz CT molecular complexity index is 2190. The minimum absolute atomic E-state index is 0.00356. The summed E-state index contributed by atoms with van der Waals surface area (Å²) >= 11 is 6.04. The predicted molar refractivity (Wildman–Crippen MR) is 237 cm³/mol. The molecule has 13 heteroatoms. The smallest absolute Gasteiger partial charge is 0.226 e. The third-order valence-electron chi connectivity index (χ3n) is 11.0. The molecule has 328 valence electrons. The van der Waals surface area contributed by atoms with Crippen LogP contribution in [0.1, 0.15) is 93.2 Å². The fourth-order valence-corrected chi connectivity index (χ4v) is 7.42. The highest BCUT2D eigenvalue weighted by Gasteiger charge is 2.36. The molecule has 0 fully saturated rings. The summed E-state index contributed by atoms with van der Waals surface area (Å²) in [5.74, 6) is -6.39. The molecule has 0 spiro atoms. The zero-order valence-corrected chi connectivity index (χ0v) is 36.4. The van der Waals surface area contributed by atoms with E-state index in [2.05, 4.69) is 5.32 Å². The second-order valence-corrected chi connectivity index (χ2v) is 16.3. The summed E-state index contributed by atoms with van der Waals surface area (Å²) in [4.78, 5) is 95.9. The Kier molecular flexibility index (Phi) is 18.3. The summed E-state index contributed by atoms with van der Waals surface area (Å²) in [6.07, 6.45) is 0.728. The quantitative estimate of drug-likeness (QED) is 0.0312. The molecule has 5 N–H and O–H groups in total. The molecule has 1 unspecified atom stereocenters. The van der Waals surface area contributed by atoms with Crippen molar-refractivity contribution >= 4 is 52.3 Å². The molecule has 0 radical (unpaired) electrons. The maximum absolute atomic E-state index is 14.4. The van der Waals surface area contributed by atoms with Crippen molar-refractivity contribution in [3.63, 3.8) is 0 Å². The molecule has 2 amide bonds. The number of halogens is 1. The molecule has 62 heavy (non-hydrogen) atoms. The first-order valence-corrected chi connectivity index (χ1v) is 21.3. The summed E-state index contributed by atoms with van der Waals surface area (Å²) in [5, 5.41) is 23.2. The zero-order chi connectivity index (χ0) is 45.5. The van der Waals surface area contributed by atoms with Crippen molar-refractivity contribution in [3.8, 4) is 22.6 Å². The van der Waals surface area contributed by atoms with Gasteiger partial charge in [0.25, 0.3) is 0 Å². The molecule has 4 aromatic rings. The molecule has 0 heterocycles. The number of nitrogens with zero attached hydrogens (tertiary/aromatic N) is 1. The molecule has 4 rings (SSSR count). The minimum atomic E-state index is -1.21. The highest BCUT2D eigenvalue weighted by molar-refractivity contribution is 6.38. The van der Waals surface area contributed by atoms with Gasteiger partial charge in [-0.15, -0.1) is 0 Å². The van der Waals surface area contributed by atoms with Gasteiger partial charge < -0.3 is 26.2 Å². The van der Waals surface area contributed by atoms with E-state index in [-0.39, 0.29) is 49.4 Å². The molecule has 0 saturated carbocycles. The van der Waals surface area contributed by atoms with Gasteiger partial charge >= 0.3 is 0 Å². The number of hydrogen-bond acceptors (Lipinski definition) is 10. The minimum Gasteiger partial charge on any atom is -0.508 e. The fraction of sp³-hybridized carbons (Fsp3) is 0.367. The number of rotatable bonds is 24. The number of carbonyl (C=O) groups excluding carboxylic acids is 7. The summed E-state index contributed by atoms with van der Waals surface area (Å²) in [5.41, 5.74) is 8.99. The number of nitrogens with two attached hydrogens (primary N) is 1. The largest absolute Gasteiger partial charge is 0.508 e. The van der Waals surface area contributed by atoms with E-state index in [9.17, 15) is 43.8 Å². The number of ketones is 5. The molecule has 4 aromatic carbocycles. The van der Waals surface area contributed by atoms with Crippen molar-refractivity contribution < 1.29 is 43.8 Å². The first-order chi connectivity index (χ1) is 29.5. The molecular weight excluding hydrogens is 810 g/mol. The van der Waals surface area contributed by atoms with E-state index in [0.29, 0.717) is 47.5 Å². The molecule has 0 aliphatic heterocycles. The average Bonchev–Trinajstić information content (AvgIpc) is 3.26. The highest BCUT2D eigenvalue weighted by Crippen LogP contribution is 2.30. The molecule has 0 aromatic heterocycles. The van der Waals surface area contributed by atoms with E-state index in [0.717, 1.165) is 11.1 Å². The van der Waals surface area contributed by atoms with Gasteiger partial charge in [0.1, 0.15) is 17.5 Å². The van der Waals surface area contributed by atoms with Crippen molar-refractivity contribution in [1.82, 2.24) is 10.2 Å². The van der Waals surface area contributed by atoms with Crippen LogP contribution in [-0.4, -0.2) is 75.5 Å². The standard InChI is InChI=1S/C49H56ClN3O9/c1-5-42(56)47(60)30(2)26-44(58)41(28-32-9-21-39(54)22-10-32)52-48(61)31(3)27-45(59)46(36-17-23-40(55)24-18-36)53(4)49(62)37(8-6-7-25-51)29-43(57)35-13-11-33(12-14-35)34-15-19-38(50)20-16-34/h9-24,30-31,37,41,46,54-55H,5-8,25-29,51H2,1-4H3,(H,52,61)/t30?,31-,37-,41+,46+/m1/s1. The number of nitrogens with one attached hydrogen (secondary N) is 1. The number of phenolic OH excluding ortho intramolecular Hbond substituents is 2. The zero-order valence-electron chi connectivity index (χ0n) is 35.6. The third kappa shape index (κ3) is 13.8. The first kappa shape index (κ1) is 48.7. The van der Waals surface area contributed by atoms with E-state index in [4.69, 9.17) is 17.3 Å². The Hall–Kier alpha value is -5.98. The Morgan fingerprint density at radius 2 is 1.26 bits per heavy atom. The van der Waals surface area contributed by atoms with Gasteiger partial charge in [0.05, 0.1) is 6.04 Å². The van der Waals surface area contributed by atoms with Gasteiger partial charge in [0.15, 0.2) is 23.1 Å².